The molecular weight excluding hydrogens is 476 g/mol. The Morgan fingerprint density at radius 2 is 1.89 bits per heavy atom. The molecule has 2 atom stereocenters. The highest BCUT2D eigenvalue weighted by Gasteiger charge is 2.35. The molecule has 1 fully saturated rings. The maximum Gasteiger partial charge on any atom is 0.276 e. The van der Waals surface area contributed by atoms with Crippen molar-refractivity contribution in [2.24, 2.45) is 0 Å². The molecule has 37 heavy (non-hydrogen) atoms. The summed E-state index contributed by atoms with van der Waals surface area (Å²) in [4.78, 5) is 40.3. The van der Waals surface area contributed by atoms with Crippen molar-refractivity contribution in [2.75, 3.05) is 19.7 Å². The van der Waals surface area contributed by atoms with Crippen LogP contribution in [-0.2, 0) is 11.3 Å². The van der Waals surface area contributed by atoms with Crippen molar-refractivity contribution in [2.45, 2.75) is 39.0 Å². The summed E-state index contributed by atoms with van der Waals surface area (Å²) in [6, 6.07) is 13.6. The van der Waals surface area contributed by atoms with Crippen LogP contribution in [0.1, 0.15) is 44.2 Å². The van der Waals surface area contributed by atoms with Crippen molar-refractivity contribution in [1.29, 1.82) is 0 Å². The van der Waals surface area contributed by atoms with Gasteiger partial charge in [-0.25, -0.2) is 0 Å². The Bertz CT molecular complexity index is 1320. The van der Waals surface area contributed by atoms with Gasteiger partial charge in [-0.15, -0.1) is 0 Å². The van der Waals surface area contributed by atoms with E-state index in [1.165, 1.54) is 0 Å². The third-order valence-corrected chi connectivity index (χ3v) is 6.51. The number of rotatable bonds is 1. The first-order chi connectivity index (χ1) is 17.9. The molecule has 0 spiro atoms. The van der Waals surface area contributed by atoms with Gasteiger partial charge in [0.15, 0.2) is 12.3 Å². The maximum atomic E-state index is 13.3. The summed E-state index contributed by atoms with van der Waals surface area (Å²) in [5, 5.41) is 9.72. The number of piperidine rings is 1. The number of carbonyl (C=O) groups excluding carboxylic acids is 3. The number of carbonyl (C=O) groups is 3. The fraction of sp³-hybridized carbons (Fsp3) is 0.333. The lowest BCUT2D eigenvalue weighted by atomic mass is 10.00. The first kappa shape index (κ1) is 24.4. The van der Waals surface area contributed by atoms with Gasteiger partial charge in [0, 0.05) is 37.7 Å². The van der Waals surface area contributed by atoms with Crippen LogP contribution < -0.4 is 20.1 Å². The number of nitrogens with zero attached hydrogens (tertiary/aromatic N) is 2. The van der Waals surface area contributed by atoms with Crippen molar-refractivity contribution in [1.82, 2.24) is 20.7 Å². The molecule has 2 N–H and O–H groups in total. The standard InChI is InChI=1S/C27H28N4O6/c1-16-3-6-19-12-24(16)35-15-25(32)28-13-18-4-7-20(8-5-18)36-23-9-10-31(14-22(23)29-26(19)33)27(34)21-11-17(2)37-30-21/h3-8,11-12,22-23H,9-10,13-15H2,1-2H3,(H,28,32)(H,29,33)/t22-,23-/m0/s1. The summed E-state index contributed by atoms with van der Waals surface area (Å²) in [7, 11) is 0. The molecular formula is C27H28N4O6. The summed E-state index contributed by atoms with van der Waals surface area (Å²) >= 11 is 0. The molecule has 0 radical (unpaired) electrons. The van der Waals surface area contributed by atoms with Crippen molar-refractivity contribution >= 4 is 17.7 Å². The number of likely N-dealkylation sites (tertiary alicyclic amines) is 1. The smallest absolute Gasteiger partial charge is 0.276 e. The Morgan fingerprint density at radius 3 is 2.65 bits per heavy atom. The number of ether oxygens (including phenoxy) is 2. The van der Waals surface area contributed by atoms with Crippen LogP contribution in [0.15, 0.2) is 53.1 Å². The first-order valence-corrected chi connectivity index (χ1v) is 12.1. The molecule has 1 saturated heterocycles. The quantitative estimate of drug-likeness (QED) is 0.522. The monoisotopic (exact) mass is 504 g/mol. The normalized spacial score (nSPS) is 20.1. The summed E-state index contributed by atoms with van der Waals surface area (Å²) in [5.74, 6) is 0.770. The number of hydrogen-bond acceptors (Lipinski definition) is 7. The zero-order chi connectivity index (χ0) is 25.9. The molecule has 4 bridgehead atoms. The van der Waals surface area contributed by atoms with Gasteiger partial charge in [0.2, 0.25) is 0 Å². The SMILES string of the molecule is Cc1cc(C(=O)N2CC[C@@H]3Oc4ccc(cc4)CNC(=O)COc4cc(ccc4C)C(=O)N[C@H]3C2)no1. The van der Waals surface area contributed by atoms with Crippen LogP contribution >= 0.6 is 0 Å². The summed E-state index contributed by atoms with van der Waals surface area (Å²) in [5.41, 5.74) is 2.32. The van der Waals surface area contributed by atoms with E-state index in [-0.39, 0.29) is 42.7 Å². The molecule has 1 aromatic heterocycles. The largest absolute Gasteiger partial charge is 0.488 e. The Hall–Kier alpha value is -4.34. The van der Waals surface area contributed by atoms with E-state index in [0.717, 1.165) is 11.1 Å². The van der Waals surface area contributed by atoms with Gasteiger partial charge < -0.3 is 29.5 Å². The Balaban J connectivity index is 1.43. The minimum absolute atomic E-state index is 0.170. The molecule has 0 unspecified atom stereocenters. The first-order valence-electron chi connectivity index (χ1n) is 12.1. The highest BCUT2D eigenvalue weighted by Crippen LogP contribution is 2.24. The average Bonchev–Trinajstić information content (AvgIpc) is 3.34. The minimum Gasteiger partial charge on any atom is -0.488 e. The van der Waals surface area contributed by atoms with Gasteiger partial charge >= 0.3 is 0 Å². The topological polar surface area (TPSA) is 123 Å². The molecule has 10 nitrogen and oxygen atoms in total. The third-order valence-electron chi connectivity index (χ3n) is 6.51. The van der Waals surface area contributed by atoms with E-state index in [1.807, 2.05) is 31.2 Å². The second kappa shape index (κ2) is 10.3. The molecule has 10 heteroatoms. The fourth-order valence-electron chi connectivity index (χ4n) is 4.43. The van der Waals surface area contributed by atoms with Gasteiger partial charge in [-0.05, 0) is 49.2 Å². The third kappa shape index (κ3) is 5.58. The summed E-state index contributed by atoms with van der Waals surface area (Å²) in [6.07, 6.45) is 0.141. The molecule has 3 amide bonds. The van der Waals surface area contributed by atoms with Gasteiger partial charge in [0.25, 0.3) is 17.7 Å². The molecule has 4 heterocycles. The Kier molecular flexibility index (Phi) is 6.80. The Labute approximate surface area is 213 Å². The van der Waals surface area contributed by atoms with Crippen LogP contribution in [-0.4, -0.2) is 59.6 Å². The van der Waals surface area contributed by atoms with Gasteiger partial charge in [0.1, 0.15) is 23.4 Å². The number of amides is 3. The zero-order valence-corrected chi connectivity index (χ0v) is 20.7. The minimum atomic E-state index is -0.484. The lowest BCUT2D eigenvalue weighted by Gasteiger charge is -2.38. The van der Waals surface area contributed by atoms with E-state index >= 15 is 0 Å². The lowest BCUT2D eigenvalue weighted by molar-refractivity contribution is -0.123. The van der Waals surface area contributed by atoms with Crippen molar-refractivity contribution < 1.29 is 28.4 Å². The van der Waals surface area contributed by atoms with Crippen molar-refractivity contribution in [3.8, 4) is 11.5 Å². The Morgan fingerprint density at radius 1 is 1.08 bits per heavy atom. The van der Waals surface area contributed by atoms with Crippen LogP contribution in [0.5, 0.6) is 11.5 Å². The maximum absolute atomic E-state index is 13.3. The van der Waals surface area contributed by atoms with E-state index < -0.39 is 6.04 Å². The van der Waals surface area contributed by atoms with Crippen LogP contribution in [0.2, 0.25) is 0 Å². The number of aryl methyl sites for hydroxylation is 2. The predicted octanol–water partition coefficient (Wildman–Crippen LogP) is 2.39. The van der Waals surface area contributed by atoms with Crippen LogP contribution in [0.25, 0.3) is 0 Å². The molecule has 3 aromatic rings. The summed E-state index contributed by atoms with van der Waals surface area (Å²) < 4.78 is 17.1. The number of hydrogen-bond donors (Lipinski definition) is 2. The van der Waals surface area contributed by atoms with Gasteiger partial charge in [-0.2, -0.15) is 0 Å². The molecule has 3 aliphatic heterocycles. The number of aromatic nitrogens is 1. The van der Waals surface area contributed by atoms with Crippen LogP contribution in [0.3, 0.4) is 0 Å². The number of benzene rings is 2. The average molecular weight is 505 g/mol. The number of fused-ring (bicyclic) bond motifs is 7. The second-order valence-corrected chi connectivity index (χ2v) is 9.29. The highest BCUT2D eigenvalue weighted by atomic mass is 16.5. The number of nitrogens with one attached hydrogen (secondary N) is 2. The van der Waals surface area contributed by atoms with E-state index in [2.05, 4.69) is 15.8 Å². The molecule has 3 aliphatic rings. The molecule has 6 rings (SSSR count). The van der Waals surface area contributed by atoms with Gasteiger partial charge in [0.05, 0.1) is 6.04 Å². The fourth-order valence-corrected chi connectivity index (χ4v) is 4.43. The second-order valence-electron chi connectivity index (χ2n) is 9.29. The molecule has 2 aromatic carbocycles. The highest BCUT2D eigenvalue weighted by molar-refractivity contribution is 5.95. The van der Waals surface area contributed by atoms with E-state index in [1.54, 1.807) is 36.1 Å². The van der Waals surface area contributed by atoms with E-state index in [9.17, 15) is 14.4 Å². The van der Waals surface area contributed by atoms with Crippen molar-refractivity contribution in [3.63, 3.8) is 0 Å². The van der Waals surface area contributed by atoms with E-state index in [4.69, 9.17) is 14.0 Å². The van der Waals surface area contributed by atoms with Gasteiger partial charge in [-0.1, -0.05) is 23.4 Å². The molecule has 0 saturated carbocycles. The molecule has 0 aliphatic carbocycles. The predicted molar refractivity (Wildman–Crippen MR) is 132 cm³/mol. The van der Waals surface area contributed by atoms with E-state index in [0.29, 0.717) is 42.3 Å². The van der Waals surface area contributed by atoms with Crippen molar-refractivity contribution in [3.05, 3.63) is 76.7 Å². The van der Waals surface area contributed by atoms with Crippen LogP contribution in [0.4, 0.5) is 0 Å². The summed E-state index contributed by atoms with van der Waals surface area (Å²) in [6.45, 7) is 4.44. The zero-order valence-electron chi connectivity index (χ0n) is 20.7. The van der Waals surface area contributed by atoms with Gasteiger partial charge in [-0.3, -0.25) is 14.4 Å². The molecule has 192 valence electrons. The lowest BCUT2D eigenvalue weighted by Crippen LogP contribution is -2.58. The van der Waals surface area contributed by atoms with Crippen LogP contribution in [0, 0.1) is 13.8 Å².